The minimum Gasteiger partial charge on any atom is -0.508 e. The zero-order chi connectivity index (χ0) is 17.4. The van der Waals surface area contributed by atoms with Crippen LogP contribution in [0, 0.1) is 0 Å². The molecule has 0 aromatic heterocycles. The lowest BCUT2D eigenvalue weighted by atomic mass is 9.97. The molecule has 2 aromatic rings. The molecule has 0 radical (unpaired) electrons. The molecule has 0 saturated carbocycles. The lowest BCUT2D eigenvalue weighted by Gasteiger charge is -2.12. The Kier molecular flexibility index (Phi) is 6.67. The molecule has 0 aliphatic heterocycles. The minimum absolute atomic E-state index is 0.0754. The monoisotopic (exact) mass is 327 g/mol. The van der Waals surface area contributed by atoms with Gasteiger partial charge in [0, 0.05) is 18.1 Å². The fourth-order valence-corrected chi connectivity index (χ4v) is 2.77. The maximum atomic E-state index is 10.2. The van der Waals surface area contributed by atoms with Gasteiger partial charge >= 0.3 is 0 Å². The number of hydrogen-bond donors (Lipinski definition) is 3. The van der Waals surface area contributed by atoms with Crippen LogP contribution in [-0.2, 0) is 12.8 Å². The first-order valence-corrected chi connectivity index (χ1v) is 8.45. The maximum absolute atomic E-state index is 10.2. The first-order valence-electron chi connectivity index (χ1n) is 8.45. The van der Waals surface area contributed by atoms with Crippen molar-refractivity contribution in [1.82, 2.24) is 0 Å². The van der Waals surface area contributed by atoms with Gasteiger partial charge in [-0.05, 0) is 30.0 Å². The molecule has 0 heterocycles. The number of benzene rings is 2. The molecule has 128 valence electrons. The van der Waals surface area contributed by atoms with Crippen molar-refractivity contribution in [3.63, 3.8) is 0 Å². The third-order valence-electron chi connectivity index (χ3n) is 4.14. The summed E-state index contributed by atoms with van der Waals surface area (Å²) in [5.41, 5.74) is 2.61. The van der Waals surface area contributed by atoms with Crippen LogP contribution in [0.4, 0.5) is 0 Å². The highest BCUT2D eigenvalue weighted by molar-refractivity contribution is 6.04. The average Bonchev–Trinajstić information content (AvgIpc) is 2.59. The van der Waals surface area contributed by atoms with Crippen molar-refractivity contribution in [1.29, 1.82) is 0 Å². The van der Waals surface area contributed by atoms with E-state index < -0.39 is 0 Å². The van der Waals surface area contributed by atoms with Crippen molar-refractivity contribution in [2.45, 2.75) is 45.4 Å². The molecule has 0 unspecified atom stereocenters. The van der Waals surface area contributed by atoms with Gasteiger partial charge < -0.3 is 15.4 Å². The Hall–Kier alpha value is -2.49. The van der Waals surface area contributed by atoms with E-state index in [9.17, 15) is 15.4 Å². The zero-order valence-corrected chi connectivity index (χ0v) is 14.1. The molecule has 0 bridgehead atoms. The summed E-state index contributed by atoms with van der Waals surface area (Å²) in [6.45, 7) is 2.16. The summed E-state index contributed by atoms with van der Waals surface area (Å²) in [7, 11) is 0. The van der Waals surface area contributed by atoms with E-state index in [4.69, 9.17) is 0 Å². The summed E-state index contributed by atoms with van der Waals surface area (Å²) in [5, 5.41) is 33.0. The summed E-state index contributed by atoms with van der Waals surface area (Å²) in [6, 6.07) is 12.7. The quantitative estimate of drug-likeness (QED) is 0.286. The van der Waals surface area contributed by atoms with Crippen LogP contribution < -0.4 is 0 Å². The molecule has 0 saturated heterocycles. The summed E-state index contributed by atoms with van der Waals surface area (Å²) in [5.74, 6) is 0.0123. The molecule has 4 heteroatoms. The molecular weight excluding hydrogens is 302 g/mol. The molecule has 0 atom stereocenters. The van der Waals surface area contributed by atoms with Gasteiger partial charge in [0.15, 0.2) is 0 Å². The predicted octanol–water partition coefficient (Wildman–Crippen LogP) is 4.64. The second kappa shape index (κ2) is 8.96. The number of aromatic hydroxyl groups is 2. The number of phenolic OH excluding ortho intramolecular Hbond substituents is 2. The van der Waals surface area contributed by atoms with Gasteiger partial charge in [-0.2, -0.15) is 0 Å². The highest BCUT2D eigenvalue weighted by Gasteiger charge is 2.15. The number of oxime groups is 1. The van der Waals surface area contributed by atoms with E-state index in [1.807, 2.05) is 30.3 Å². The van der Waals surface area contributed by atoms with Crippen LogP contribution in [0.1, 0.15) is 49.3 Å². The van der Waals surface area contributed by atoms with E-state index in [0.29, 0.717) is 17.7 Å². The molecule has 2 aromatic carbocycles. The normalized spacial score (nSPS) is 11.6. The second-order valence-electron chi connectivity index (χ2n) is 6.02. The topological polar surface area (TPSA) is 73.1 Å². The molecular formula is C20H25NO3. The highest BCUT2D eigenvalue weighted by atomic mass is 16.4. The fourth-order valence-electron chi connectivity index (χ4n) is 2.77. The summed E-state index contributed by atoms with van der Waals surface area (Å²) in [6.07, 6.45) is 5.56. The van der Waals surface area contributed by atoms with Crippen LogP contribution in [0.25, 0.3) is 0 Å². The number of rotatable bonds is 8. The summed E-state index contributed by atoms with van der Waals surface area (Å²) < 4.78 is 0. The number of hydrogen-bond acceptors (Lipinski definition) is 4. The van der Waals surface area contributed by atoms with E-state index >= 15 is 0 Å². The lowest BCUT2D eigenvalue weighted by Crippen LogP contribution is -2.07. The van der Waals surface area contributed by atoms with Crippen molar-refractivity contribution in [3.8, 4) is 11.5 Å². The van der Waals surface area contributed by atoms with Gasteiger partial charge in [0.1, 0.15) is 11.5 Å². The van der Waals surface area contributed by atoms with Gasteiger partial charge in [-0.15, -0.1) is 0 Å². The van der Waals surface area contributed by atoms with Gasteiger partial charge in [0.25, 0.3) is 0 Å². The van der Waals surface area contributed by atoms with Crippen LogP contribution >= 0.6 is 0 Å². The standard InChI is InChI=1S/C20H25NO3/c1-2-3-4-8-11-16-13-17(20(23)14-19(16)22)18(21-24)12-15-9-6-5-7-10-15/h5-7,9-10,13-14,22-24H,2-4,8,11-12H2,1H3. The van der Waals surface area contributed by atoms with Crippen molar-refractivity contribution in [2.75, 3.05) is 0 Å². The second-order valence-corrected chi connectivity index (χ2v) is 6.02. The van der Waals surface area contributed by atoms with Gasteiger partial charge in [0.05, 0.1) is 5.71 Å². The molecule has 0 aliphatic carbocycles. The maximum Gasteiger partial charge on any atom is 0.128 e. The Labute approximate surface area is 143 Å². The average molecular weight is 327 g/mol. The van der Waals surface area contributed by atoms with E-state index in [-0.39, 0.29) is 11.5 Å². The third kappa shape index (κ3) is 4.75. The number of phenols is 2. The lowest BCUT2D eigenvalue weighted by molar-refractivity contribution is 0.318. The van der Waals surface area contributed by atoms with Crippen LogP contribution in [0.3, 0.4) is 0 Å². The van der Waals surface area contributed by atoms with Crippen LogP contribution in [0.2, 0.25) is 0 Å². The van der Waals surface area contributed by atoms with Crippen molar-refractivity contribution < 1.29 is 15.4 Å². The molecule has 0 amide bonds. The Morgan fingerprint density at radius 3 is 2.38 bits per heavy atom. The van der Waals surface area contributed by atoms with E-state index in [1.165, 1.54) is 12.5 Å². The van der Waals surface area contributed by atoms with E-state index in [2.05, 4.69) is 12.1 Å². The highest BCUT2D eigenvalue weighted by Crippen LogP contribution is 2.30. The smallest absolute Gasteiger partial charge is 0.128 e. The molecule has 4 nitrogen and oxygen atoms in total. The zero-order valence-electron chi connectivity index (χ0n) is 14.1. The van der Waals surface area contributed by atoms with Crippen molar-refractivity contribution in [3.05, 3.63) is 59.2 Å². The molecule has 24 heavy (non-hydrogen) atoms. The first kappa shape index (κ1) is 17.9. The van der Waals surface area contributed by atoms with Crippen molar-refractivity contribution >= 4 is 5.71 Å². The minimum atomic E-state index is -0.0754. The Bertz CT molecular complexity index is 681. The fraction of sp³-hybridized carbons (Fsp3) is 0.350. The van der Waals surface area contributed by atoms with Crippen LogP contribution in [0.5, 0.6) is 11.5 Å². The SMILES string of the molecule is CCCCCCc1cc(C(Cc2ccccc2)=NO)c(O)cc1O. The van der Waals surface area contributed by atoms with Gasteiger partial charge in [0.2, 0.25) is 0 Å². The molecule has 2 rings (SSSR count). The Balaban J connectivity index is 2.21. The van der Waals surface area contributed by atoms with Gasteiger partial charge in [-0.3, -0.25) is 0 Å². The summed E-state index contributed by atoms with van der Waals surface area (Å²) in [4.78, 5) is 0. The third-order valence-corrected chi connectivity index (χ3v) is 4.14. The predicted molar refractivity (Wildman–Crippen MR) is 96.1 cm³/mol. The molecule has 0 aliphatic rings. The number of unbranched alkanes of at least 4 members (excludes halogenated alkanes) is 3. The van der Waals surface area contributed by atoms with Crippen molar-refractivity contribution in [2.24, 2.45) is 5.16 Å². The molecule has 0 fully saturated rings. The van der Waals surface area contributed by atoms with E-state index in [0.717, 1.165) is 36.8 Å². The number of aryl methyl sites for hydroxylation is 1. The van der Waals surface area contributed by atoms with Gasteiger partial charge in [-0.25, -0.2) is 0 Å². The van der Waals surface area contributed by atoms with Crippen LogP contribution in [-0.4, -0.2) is 21.1 Å². The Morgan fingerprint density at radius 2 is 1.71 bits per heavy atom. The van der Waals surface area contributed by atoms with Crippen LogP contribution in [0.15, 0.2) is 47.6 Å². The molecule has 0 spiro atoms. The van der Waals surface area contributed by atoms with E-state index in [1.54, 1.807) is 6.07 Å². The molecule has 3 N–H and O–H groups in total. The summed E-state index contributed by atoms with van der Waals surface area (Å²) >= 11 is 0. The number of nitrogens with zero attached hydrogens (tertiary/aromatic N) is 1. The van der Waals surface area contributed by atoms with Gasteiger partial charge in [-0.1, -0.05) is 61.7 Å². The largest absolute Gasteiger partial charge is 0.508 e. The first-order chi connectivity index (χ1) is 11.7. The Morgan fingerprint density at radius 1 is 0.958 bits per heavy atom.